The number of rotatable bonds is 25. The summed E-state index contributed by atoms with van der Waals surface area (Å²) in [5.74, 6) is -2.96. The zero-order chi connectivity index (χ0) is 48.9. The number of carbonyl (C=O) groups is 6. The standard InChI is InChI=1S/C49H73N9O9/c1-32(2)58(47(65)56-37(23-15-16-24-50)43(60)55-41(46(63)64)27-35-21-13-8-14-22-35)30-42(59)38(25-33-17-9-6-10-18-33)53-45(62)40(28-36-29-51-31-52-36)54-44(61)39(26-34-19-11-7-12-20-34)57-48(66)67-49(3,4)5/h7-8,11-14,19-22,29,31-33,37-42,59H,6,9-10,15-18,23-28,30,50H2,1-5H3,(H,51,52)(H,53,62)(H,54,61)(H,55,60)(H,56,65)(H,57,66)(H,63,64). The van der Waals surface area contributed by atoms with Gasteiger partial charge in [-0.3, -0.25) is 14.4 Å². The molecule has 1 saturated carbocycles. The van der Waals surface area contributed by atoms with E-state index in [1.807, 2.05) is 36.4 Å². The Bertz CT molecular complexity index is 1990. The second-order valence-corrected chi connectivity index (χ2v) is 18.8. The van der Waals surface area contributed by atoms with Gasteiger partial charge in [0.1, 0.15) is 29.8 Å². The van der Waals surface area contributed by atoms with E-state index in [1.54, 1.807) is 58.9 Å². The number of hydrogen-bond acceptors (Lipinski definition) is 10. The second-order valence-electron chi connectivity index (χ2n) is 18.8. The van der Waals surface area contributed by atoms with Crippen LogP contribution in [-0.2, 0) is 43.2 Å². The quantitative estimate of drug-likeness (QED) is 0.0546. The Balaban J connectivity index is 1.56. The average Bonchev–Trinajstić information content (AvgIpc) is 3.80. The normalized spacial score (nSPS) is 15.8. The minimum Gasteiger partial charge on any atom is -0.480 e. The van der Waals surface area contributed by atoms with Gasteiger partial charge in [0.25, 0.3) is 0 Å². The lowest BCUT2D eigenvalue weighted by molar-refractivity contribution is -0.142. The molecule has 0 saturated heterocycles. The highest BCUT2D eigenvalue weighted by molar-refractivity contribution is 5.92. The number of hydrogen-bond donors (Lipinski definition) is 9. The molecular formula is C49H73N9O9. The van der Waals surface area contributed by atoms with Crippen LogP contribution in [0, 0.1) is 5.92 Å². The van der Waals surface area contributed by atoms with E-state index < -0.39 is 83.8 Å². The highest BCUT2D eigenvalue weighted by atomic mass is 16.6. The van der Waals surface area contributed by atoms with Crippen LogP contribution in [0.1, 0.15) is 109 Å². The molecule has 3 aromatic rings. The fourth-order valence-electron chi connectivity index (χ4n) is 8.16. The first-order chi connectivity index (χ1) is 31.9. The molecule has 18 nitrogen and oxygen atoms in total. The van der Waals surface area contributed by atoms with Crippen molar-refractivity contribution in [2.24, 2.45) is 11.7 Å². The van der Waals surface area contributed by atoms with Crippen molar-refractivity contribution < 1.29 is 43.7 Å². The zero-order valence-electron chi connectivity index (χ0n) is 39.7. The highest BCUT2D eigenvalue weighted by Gasteiger charge is 2.35. The maximum atomic E-state index is 14.5. The average molecular weight is 932 g/mol. The number of nitrogens with zero attached hydrogens (tertiary/aromatic N) is 2. The number of carbonyl (C=O) groups excluding carboxylic acids is 5. The number of alkyl carbamates (subject to hydrolysis) is 1. The summed E-state index contributed by atoms with van der Waals surface area (Å²) in [6.45, 7) is 8.78. The van der Waals surface area contributed by atoms with Crippen molar-refractivity contribution in [2.75, 3.05) is 13.1 Å². The number of H-pyrrole nitrogens is 1. The summed E-state index contributed by atoms with van der Waals surface area (Å²) >= 11 is 0. The van der Waals surface area contributed by atoms with E-state index in [1.165, 1.54) is 17.4 Å². The van der Waals surface area contributed by atoms with Gasteiger partial charge >= 0.3 is 18.1 Å². The topological polar surface area (TPSA) is 270 Å². The molecule has 1 aromatic heterocycles. The number of benzene rings is 2. The van der Waals surface area contributed by atoms with Gasteiger partial charge in [0.15, 0.2) is 0 Å². The lowest BCUT2D eigenvalue weighted by atomic mass is 9.83. The molecule has 6 amide bonds. The molecule has 1 fully saturated rings. The lowest BCUT2D eigenvalue weighted by Crippen LogP contribution is -2.60. The minimum atomic E-state index is -1.30. The molecule has 0 radical (unpaired) electrons. The lowest BCUT2D eigenvalue weighted by Gasteiger charge is -2.36. The maximum Gasteiger partial charge on any atom is 0.408 e. The SMILES string of the molecule is CC(C)N(CC(O)C(CC1CCCCC1)NC(=O)C(Cc1cnc[nH]1)NC(=O)C(Cc1ccccc1)NC(=O)OC(C)(C)C)C(=O)NC(CCCCN)C(=O)NC(Cc1ccccc1)C(=O)O. The fourth-order valence-corrected chi connectivity index (χ4v) is 8.16. The third-order valence-corrected chi connectivity index (χ3v) is 11.7. The Morgan fingerprint density at radius 3 is 1.90 bits per heavy atom. The predicted molar refractivity (Wildman–Crippen MR) is 253 cm³/mol. The largest absolute Gasteiger partial charge is 0.480 e. The molecule has 6 atom stereocenters. The van der Waals surface area contributed by atoms with E-state index in [0.717, 1.165) is 37.7 Å². The number of aliphatic hydroxyl groups excluding tert-OH is 1. The molecule has 0 spiro atoms. The Labute approximate surface area is 394 Å². The summed E-state index contributed by atoms with van der Waals surface area (Å²) in [4.78, 5) is 90.3. The van der Waals surface area contributed by atoms with Gasteiger partial charge in [-0.15, -0.1) is 0 Å². The second kappa shape index (κ2) is 27.0. The van der Waals surface area contributed by atoms with Gasteiger partial charge in [0.2, 0.25) is 17.7 Å². The zero-order valence-corrected chi connectivity index (χ0v) is 39.7. The highest BCUT2D eigenvalue weighted by Crippen LogP contribution is 2.28. The Morgan fingerprint density at radius 1 is 0.776 bits per heavy atom. The molecule has 368 valence electrons. The summed E-state index contributed by atoms with van der Waals surface area (Å²) in [5, 5.41) is 36.1. The summed E-state index contributed by atoms with van der Waals surface area (Å²) in [6.07, 6.45) is 7.50. The number of nitrogens with two attached hydrogens (primary N) is 1. The number of imidazole rings is 1. The molecule has 1 aliphatic carbocycles. The number of carboxylic acid groups (broad SMARTS) is 1. The van der Waals surface area contributed by atoms with E-state index in [2.05, 4.69) is 36.6 Å². The van der Waals surface area contributed by atoms with E-state index in [-0.39, 0.29) is 38.1 Å². The number of aliphatic hydroxyl groups is 1. The van der Waals surface area contributed by atoms with Crippen molar-refractivity contribution in [1.29, 1.82) is 0 Å². The van der Waals surface area contributed by atoms with Crippen LogP contribution in [0.3, 0.4) is 0 Å². The first kappa shape index (κ1) is 53.6. The molecule has 10 N–H and O–H groups in total. The van der Waals surface area contributed by atoms with Crippen molar-refractivity contribution >= 4 is 35.8 Å². The van der Waals surface area contributed by atoms with Crippen LogP contribution >= 0.6 is 0 Å². The Hall–Kier alpha value is -6.01. The van der Waals surface area contributed by atoms with E-state index in [9.17, 15) is 39.0 Å². The molecule has 1 aliphatic rings. The van der Waals surface area contributed by atoms with Crippen LogP contribution in [0.25, 0.3) is 0 Å². The van der Waals surface area contributed by atoms with Crippen LogP contribution in [0.15, 0.2) is 73.2 Å². The third kappa shape index (κ3) is 19.0. The van der Waals surface area contributed by atoms with Crippen molar-refractivity contribution in [3.05, 3.63) is 90.0 Å². The molecule has 2 aromatic carbocycles. The van der Waals surface area contributed by atoms with Crippen LogP contribution in [0.4, 0.5) is 9.59 Å². The predicted octanol–water partition coefficient (Wildman–Crippen LogP) is 4.12. The van der Waals surface area contributed by atoms with Gasteiger partial charge in [0, 0.05) is 37.2 Å². The summed E-state index contributed by atoms with van der Waals surface area (Å²) in [5.41, 5.74) is 6.93. The van der Waals surface area contributed by atoms with Gasteiger partial charge in [-0.2, -0.15) is 0 Å². The monoisotopic (exact) mass is 932 g/mol. The molecule has 0 bridgehead atoms. The summed E-state index contributed by atoms with van der Waals surface area (Å²) in [7, 11) is 0. The number of aliphatic carboxylic acids is 1. The van der Waals surface area contributed by atoms with E-state index in [4.69, 9.17) is 10.5 Å². The van der Waals surface area contributed by atoms with Gasteiger partial charge in [-0.1, -0.05) is 92.8 Å². The van der Waals surface area contributed by atoms with E-state index in [0.29, 0.717) is 37.1 Å². The van der Waals surface area contributed by atoms with Crippen LogP contribution in [-0.4, -0.2) is 122 Å². The van der Waals surface area contributed by atoms with Crippen molar-refractivity contribution in [3.8, 4) is 0 Å². The van der Waals surface area contributed by atoms with Crippen LogP contribution < -0.4 is 32.3 Å². The molecular weight excluding hydrogens is 859 g/mol. The summed E-state index contributed by atoms with van der Waals surface area (Å²) < 4.78 is 5.48. The summed E-state index contributed by atoms with van der Waals surface area (Å²) in [6, 6.07) is 11.3. The molecule has 1 heterocycles. The number of aromatic amines is 1. The molecule has 67 heavy (non-hydrogen) atoms. The maximum absolute atomic E-state index is 14.5. The van der Waals surface area contributed by atoms with Gasteiger partial charge in [-0.05, 0) is 83.9 Å². The number of ether oxygens (including phenoxy) is 1. The van der Waals surface area contributed by atoms with Gasteiger partial charge < -0.3 is 57.2 Å². The number of unbranched alkanes of at least 4 members (excludes halogenated alkanes) is 1. The smallest absolute Gasteiger partial charge is 0.408 e. The van der Waals surface area contributed by atoms with Crippen molar-refractivity contribution in [1.82, 2.24) is 41.5 Å². The Kier molecular flexibility index (Phi) is 21.6. The van der Waals surface area contributed by atoms with Crippen molar-refractivity contribution in [2.45, 2.75) is 160 Å². The molecule has 4 rings (SSSR count). The first-order valence-electron chi connectivity index (χ1n) is 23.6. The van der Waals surface area contributed by atoms with Crippen molar-refractivity contribution in [3.63, 3.8) is 0 Å². The number of urea groups is 1. The van der Waals surface area contributed by atoms with E-state index >= 15 is 0 Å². The number of aromatic nitrogens is 2. The first-order valence-corrected chi connectivity index (χ1v) is 23.6. The van der Waals surface area contributed by atoms with Gasteiger partial charge in [0.05, 0.1) is 25.0 Å². The van der Waals surface area contributed by atoms with Crippen LogP contribution in [0.5, 0.6) is 0 Å². The number of amides is 6. The number of nitrogens with one attached hydrogen (secondary N) is 6. The molecule has 0 aliphatic heterocycles. The fraction of sp³-hybridized carbons (Fsp3) is 0.571. The molecule has 6 unspecified atom stereocenters. The third-order valence-electron chi connectivity index (χ3n) is 11.7. The number of carboxylic acids is 1. The Morgan fingerprint density at radius 2 is 1.34 bits per heavy atom. The van der Waals surface area contributed by atoms with Gasteiger partial charge in [-0.25, -0.2) is 19.4 Å². The molecule has 18 heteroatoms. The minimum absolute atomic E-state index is 0.00344. The van der Waals surface area contributed by atoms with Crippen LogP contribution in [0.2, 0.25) is 0 Å².